The Morgan fingerprint density at radius 3 is 3.17 bits per heavy atom. The number of aromatic nitrogens is 1. The van der Waals surface area contributed by atoms with Crippen LogP contribution in [-0.2, 0) is 9.53 Å². The van der Waals surface area contributed by atoms with Gasteiger partial charge in [0, 0.05) is 37.2 Å². The largest absolute Gasteiger partial charge is 0.384 e. The van der Waals surface area contributed by atoms with Crippen LogP contribution in [0.5, 0.6) is 0 Å². The second-order valence-electron chi connectivity index (χ2n) is 4.75. The number of carbonyl (C=O) groups excluding carboxylic acids is 1. The lowest BCUT2D eigenvalue weighted by Gasteiger charge is -2.31. The molecule has 1 saturated heterocycles. The lowest BCUT2D eigenvalue weighted by molar-refractivity contribution is -0.133. The Balaban J connectivity index is 1.94. The van der Waals surface area contributed by atoms with Crippen molar-refractivity contribution < 1.29 is 9.53 Å². The number of hydrogen-bond acceptors (Lipinski definition) is 4. The van der Waals surface area contributed by atoms with Crippen LogP contribution in [0.25, 0.3) is 0 Å². The zero-order valence-corrected chi connectivity index (χ0v) is 11.8. The Bertz CT molecular complexity index is 405. The van der Waals surface area contributed by atoms with Crippen molar-refractivity contribution in [2.75, 3.05) is 26.8 Å². The van der Waals surface area contributed by atoms with Crippen molar-refractivity contribution in [1.29, 1.82) is 0 Å². The van der Waals surface area contributed by atoms with E-state index < -0.39 is 0 Å². The second kappa shape index (κ2) is 6.29. The van der Waals surface area contributed by atoms with Crippen molar-refractivity contribution in [3.8, 4) is 0 Å². The molecule has 18 heavy (non-hydrogen) atoms. The van der Waals surface area contributed by atoms with Gasteiger partial charge in [0.15, 0.2) is 0 Å². The molecular formula is C13H20N2O2S. The zero-order valence-electron chi connectivity index (χ0n) is 11.0. The van der Waals surface area contributed by atoms with Crippen LogP contribution < -0.4 is 0 Å². The third-order valence-electron chi connectivity index (χ3n) is 3.28. The molecule has 0 aliphatic carbocycles. The van der Waals surface area contributed by atoms with E-state index in [9.17, 15) is 4.79 Å². The predicted molar refractivity (Wildman–Crippen MR) is 71.9 cm³/mol. The van der Waals surface area contributed by atoms with Crippen LogP contribution in [0.4, 0.5) is 0 Å². The van der Waals surface area contributed by atoms with E-state index in [1.54, 1.807) is 18.4 Å². The summed E-state index contributed by atoms with van der Waals surface area (Å²) in [4.78, 5) is 18.5. The Morgan fingerprint density at radius 1 is 1.67 bits per heavy atom. The van der Waals surface area contributed by atoms with Gasteiger partial charge in [-0.2, -0.15) is 0 Å². The van der Waals surface area contributed by atoms with E-state index in [0.29, 0.717) is 18.9 Å². The van der Waals surface area contributed by atoms with E-state index in [4.69, 9.17) is 4.74 Å². The smallest absolute Gasteiger partial charge is 0.224 e. The van der Waals surface area contributed by atoms with Crippen molar-refractivity contribution in [3.63, 3.8) is 0 Å². The normalized spacial score (nSPS) is 20.1. The van der Waals surface area contributed by atoms with Gasteiger partial charge in [-0.05, 0) is 19.8 Å². The molecule has 0 spiro atoms. The van der Waals surface area contributed by atoms with Crippen molar-refractivity contribution in [3.05, 3.63) is 16.1 Å². The topological polar surface area (TPSA) is 42.4 Å². The monoisotopic (exact) mass is 268 g/mol. The maximum absolute atomic E-state index is 12.0. The van der Waals surface area contributed by atoms with Gasteiger partial charge in [0.05, 0.1) is 18.0 Å². The number of amides is 1. The van der Waals surface area contributed by atoms with Gasteiger partial charge in [-0.3, -0.25) is 4.79 Å². The summed E-state index contributed by atoms with van der Waals surface area (Å²) in [6, 6.07) is 0. The Hall–Kier alpha value is -0.940. The number of methoxy groups -OCH3 is 1. The van der Waals surface area contributed by atoms with Gasteiger partial charge in [0.1, 0.15) is 0 Å². The molecule has 1 fully saturated rings. The Morgan fingerprint density at radius 2 is 2.50 bits per heavy atom. The molecule has 1 aliphatic heterocycles. The molecule has 0 N–H and O–H groups in total. The summed E-state index contributed by atoms with van der Waals surface area (Å²) in [7, 11) is 1.63. The van der Waals surface area contributed by atoms with Crippen LogP contribution in [0.1, 0.15) is 35.9 Å². The fraction of sp³-hybridized carbons (Fsp3) is 0.692. The number of piperidine rings is 1. The van der Waals surface area contributed by atoms with Crippen molar-refractivity contribution >= 4 is 17.2 Å². The molecular weight excluding hydrogens is 248 g/mol. The maximum atomic E-state index is 12.0. The first-order valence-corrected chi connectivity index (χ1v) is 7.27. The lowest BCUT2D eigenvalue weighted by atomic mass is 9.98. The Kier molecular flexibility index (Phi) is 4.72. The molecule has 1 aromatic rings. The molecule has 100 valence electrons. The van der Waals surface area contributed by atoms with Crippen molar-refractivity contribution in [2.24, 2.45) is 0 Å². The number of ether oxygens (including phenoxy) is 1. The van der Waals surface area contributed by atoms with E-state index in [-0.39, 0.29) is 5.91 Å². The van der Waals surface area contributed by atoms with Gasteiger partial charge >= 0.3 is 0 Å². The molecule has 0 saturated carbocycles. The molecule has 0 unspecified atom stereocenters. The van der Waals surface area contributed by atoms with E-state index >= 15 is 0 Å². The quantitative estimate of drug-likeness (QED) is 0.840. The van der Waals surface area contributed by atoms with E-state index in [0.717, 1.165) is 31.6 Å². The Labute approximate surface area is 112 Å². The molecule has 0 aromatic carbocycles. The molecule has 1 aromatic heterocycles. The van der Waals surface area contributed by atoms with Gasteiger partial charge in [0.2, 0.25) is 5.91 Å². The molecule has 1 atom stereocenters. The molecule has 1 aliphatic rings. The highest BCUT2D eigenvalue weighted by Crippen LogP contribution is 2.29. The molecule has 5 heteroatoms. The minimum atomic E-state index is 0.204. The summed E-state index contributed by atoms with van der Waals surface area (Å²) in [6.45, 7) is 4.22. The van der Waals surface area contributed by atoms with E-state index in [1.807, 2.05) is 11.8 Å². The minimum Gasteiger partial charge on any atom is -0.384 e. The average Bonchev–Trinajstić information content (AvgIpc) is 2.83. The number of carbonyl (C=O) groups is 1. The van der Waals surface area contributed by atoms with Crippen LogP contribution >= 0.6 is 11.3 Å². The molecule has 0 radical (unpaired) electrons. The number of nitrogens with zero attached hydrogens (tertiary/aromatic N) is 2. The highest BCUT2D eigenvalue weighted by molar-refractivity contribution is 7.09. The van der Waals surface area contributed by atoms with E-state index in [1.165, 1.54) is 5.01 Å². The lowest BCUT2D eigenvalue weighted by Crippen LogP contribution is -2.39. The van der Waals surface area contributed by atoms with Crippen LogP contribution in [0, 0.1) is 6.92 Å². The van der Waals surface area contributed by atoms with Gasteiger partial charge in [-0.1, -0.05) is 0 Å². The van der Waals surface area contributed by atoms with Crippen molar-refractivity contribution in [1.82, 2.24) is 9.88 Å². The highest BCUT2D eigenvalue weighted by atomic mass is 32.1. The van der Waals surface area contributed by atoms with Gasteiger partial charge in [0.25, 0.3) is 0 Å². The first-order chi connectivity index (χ1) is 8.70. The number of likely N-dealkylation sites (tertiary alicyclic amines) is 1. The number of thiazole rings is 1. The van der Waals surface area contributed by atoms with Gasteiger partial charge in [-0.15, -0.1) is 11.3 Å². The maximum Gasteiger partial charge on any atom is 0.224 e. The fourth-order valence-corrected chi connectivity index (χ4v) is 3.24. The molecule has 4 nitrogen and oxygen atoms in total. The molecule has 2 rings (SSSR count). The number of hydrogen-bond donors (Lipinski definition) is 0. The minimum absolute atomic E-state index is 0.204. The first-order valence-electron chi connectivity index (χ1n) is 6.39. The van der Waals surface area contributed by atoms with Crippen LogP contribution in [0.2, 0.25) is 0 Å². The fourth-order valence-electron chi connectivity index (χ4n) is 2.31. The summed E-state index contributed by atoms with van der Waals surface area (Å²) in [6.07, 6.45) is 2.70. The SMILES string of the molecule is COCCC(=O)N1CCC[C@H](c2nc(C)cs2)C1. The van der Waals surface area contributed by atoms with Crippen LogP contribution in [0.3, 0.4) is 0 Å². The summed E-state index contributed by atoms with van der Waals surface area (Å²) in [5.74, 6) is 0.624. The van der Waals surface area contributed by atoms with Crippen LogP contribution in [-0.4, -0.2) is 42.6 Å². The van der Waals surface area contributed by atoms with E-state index in [2.05, 4.69) is 10.4 Å². The highest BCUT2D eigenvalue weighted by Gasteiger charge is 2.26. The first kappa shape index (κ1) is 13.5. The van der Waals surface area contributed by atoms with Gasteiger partial charge < -0.3 is 9.64 Å². The standard InChI is InChI=1S/C13H20N2O2S/c1-10-9-18-13(14-10)11-4-3-6-15(8-11)12(16)5-7-17-2/h9,11H,3-8H2,1-2H3/t11-/m0/s1. The van der Waals surface area contributed by atoms with Gasteiger partial charge in [-0.25, -0.2) is 4.98 Å². The summed E-state index contributed by atoms with van der Waals surface area (Å²) in [5, 5.41) is 3.26. The summed E-state index contributed by atoms with van der Waals surface area (Å²) >= 11 is 1.71. The number of aryl methyl sites for hydroxylation is 1. The zero-order chi connectivity index (χ0) is 13.0. The molecule has 1 amide bonds. The van der Waals surface area contributed by atoms with Crippen molar-refractivity contribution in [2.45, 2.75) is 32.1 Å². The average molecular weight is 268 g/mol. The number of rotatable bonds is 4. The molecule has 0 bridgehead atoms. The molecule has 2 heterocycles. The second-order valence-corrected chi connectivity index (χ2v) is 5.64. The third kappa shape index (κ3) is 3.29. The third-order valence-corrected chi connectivity index (χ3v) is 4.41. The van der Waals surface area contributed by atoms with Crippen LogP contribution in [0.15, 0.2) is 5.38 Å². The summed E-state index contributed by atoms with van der Waals surface area (Å²) in [5.41, 5.74) is 1.08. The summed E-state index contributed by atoms with van der Waals surface area (Å²) < 4.78 is 4.96. The predicted octanol–water partition coefficient (Wildman–Crippen LogP) is 2.19.